The van der Waals surface area contributed by atoms with Crippen LogP contribution in [-0.2, 0) is 0 Å². The van der Waals surface area contributed by atoms with E-state index in [9.17, 15) is 4.39 Å². The molecule has 0 fully saturated rings. The third-order valence-corrected chi connectivity index (χ3v) is 3.25. The van der Waals surface area contributed by atoms with Gasteiger partial charge in [0.15, 0.2) is 0 Å². The van der Waals surface area contributed by atoms with Crippen LogP contribution in [0.15, 0.2) is 61.2 Å². The molecule has 1 rings (SSSR count). The Labute approximate surface area is 122 Å². The number of benzene rings is 1. The number of rotatable bonds is 5. The summed E-state index contributed by atoms with van der Waals surface area (Å²) in [7, 11) is 0. The van der Waals surface area contributed by atoms with Gasteiger partial charge in [-0.1, -0.05) is 61.2 Å². The van der Waals surface area contributed by atoms with E-state index in [0.29, 0.717) is 5.57 Å². The van der Waals surface area contributed by atoms with Crippen LogP contribution < -0.4 is 0 Å². The van der Waals surface area contributed by atoms with Crippen molar-refractivity contribution in [1.82, 2.24) is 0 Å². The zero-order valence-electron chi connectivity index (χ0n) is 12.8. The summed E-state index contributed by atoms with van der Waals surface area (Å²) in [4.78, 5) is 0. The second kappa shape index (κ2) is 6.51. The minimum atomic E-state index is -1.39. The maximum absolute atomic E-state index is 14.4. The van der Waals surface area contributed by atoms with Crippen molar-refractivity contribution >= 4 is 11.1 Å². The molecule has 1 heteroatoms. The van der Waals surface area contributed by atoms with Crippen LogP contribution in [0.5, 0.6) is 0 Å². The Bertz CT molecular complexity index is 548. The summed E-state index contributed by atoms with van der Waals surface area (Å²) in [5.41, 5.74) is 3.35. The summed E-state index contributed by atoms with van der Waals surface area (Å²) in [6.07, 6.45) is 5.21. The summed E-state index contributed by atoms with van der Waals surface area (Å²) in [6.45, 7) is 14.6. The van der Waals surface area contributed by atoms with E-state index in [4.69, 9.17) is 0 Å². The van der Waals surface area contributed by atoms with E-state index in [2.05, 4.69) is 13.2 Å². The summed E-state index contributed by atoms with van der Waals surface area (Å²) in [5, 5.41) is 0. The van der Waals surface area contributed by atoms with E-state index >= 15 is 0 Å². The molecule has 0 amide bonds. The molecule has 0 heterocycles. The lowest BCUT2D eigenvalue weighted by Gasteiger charge is -2.20. The monoisotopic (exact) mass is 270 g/mol. The van der Waals surface area contributed by atoms with Gasteiger partial charge in [0, 0.05) is 0 Å². The highest BCUT2D eigenvalue weighted by atomic mass is 19.1. The minimum Gasteiger partial charge on any atom is -0.239 e. The number of alkyl halides is 1. The summed E-state index contributed by atoms with van der Waals surface area (Å²) in [5.74, 6) is 0. The van der Waals surface area contributed by atoms with Crippen LogP contribution >= 0.6 is 0 Å². The van der Waals surface area contributed by atoms with Gasteiger partial charge in [-0.25, -0.2) is 4.39 Å². The van der Waals surface area contributed by atoms with Gasteiger partial charge in [-0.15, -0.1) is 0 Å². The number of hydrogen-bond donors (Lipinski definition) is 0. The summed E-state index contributed by atoms with van der Waals surface area (Å²) in [6, 6.07) is 8.04. The van der Waals surface area contributed by atoms with Crippen molar-refractivity contribution in [3.8, 4) is 0 Å². The predicted octanol–water partition coefficient (Wildman–Crippen LogP) is 5.98. The van der Waals surface area contributed by atoms with Crippen LogP contribution in [0.4, 0.5) is 4.39 Å². The highest BCUT2D eigenvalue weighted by molar-refractivity contribution is 5.73. The highest BCUT2D eigenvalue weighted by Crippen LogP contribution is 2.30. The Hall–Kier alpha value is -1.89. The molecule has 0 aromatic heterocycles. The van der Waals surface area contributed by atoms with Crippen molar-refractivity contribution in [3.05, 3.63) is 72.4 Å². The van der Waals surface area contributed by atoms with Crippen molar-refractivity contribution in [2.75, 3.05) is 0 Å². The van der Waals surface area contributed by atoms with Crippen LogP contribution in [0.25, 0.3) is 11.1 Å². The quantitative estimate of drug-likeness (QED) is 0.577. The molecule has 0 atom stereocenters. The topological polar surface area (TPSA) is 0 Å². The predicted molar refractivity (Wildman–Crippen MR) is 88.3 cm³/mol. The smallest absolute Gasteiger partial charge is 0.130 e. The molecule has 0 aliphatic carbocycles. The molecule has 1 aromatic carbocycles. The van der Waals surface area contributed by atoms with Gasteiger partial charge in [-0.05, 0) is 50.0 Å². The third-order valence-electron chi connectivity index (χ3n) is 3.25. The molecule has 20 heavy (non-hydrogen) atoms. The molecule has 0 nitrogen and oxygen atoms in total. The Kier molecular flexibility index (Phi) is 5.26. The molecule has 1 aromatic rings. The first-order valence-corrected chi connectivity index (χ1v) is 6.73. The molecule has 0 aliphatic heterocycles. The molecule has 0 aliphatic rings. The molecule has 0 N–H and O–H groups in total. The van der Waals surface area contributed by atoms with Gasteiger partial charge in [0.05, 0.1) is 0 Å². The van der Waals surface area contributed by atoms with Crippen LogP contribution in [0.3, 0.4) is 0 Å². The lowest BCUT2D eigenvalue weighted by atomic mass is 9.90. The summed E-state index contributed by atoms with van der Waals surface area (Å²) < 4.78 is 14.4. The minimum absolute atomic E-state index is 0.667. The Morgan fingerprint density at radius 1 is 1.10 bits per heavy atom. The fourth-order valence-electron chi connectivity index (χ4n) is 2.09. The van der Waals surface area contributed by atoms with Gasteiger partial charge in [0.2, 0.25) is 0 Å². The van der Waals surface area contributed by atoms with E-state index in [0.717, 1.165) is 22.3 Å². The van der Waals surface area contributed by atoms with Crippen molar-refractivity contribution < 1.29 is 4.39 Å². The second-order valence-electron chi connectivity index (χ2n) is 5.46. The highest BCUT2D eigenvalue weighted by Gasteiger charge is 2.22. The Balaban J connectivity index is 3.31. The fourth-order valence-corrected chi connectivity index (χ4v) is 2.09. The Morgan fingerprint density at radius 3 is 2.00 bits per heavy atom. The third kappa shape index (κ3) is 4.06. The standard InChI is InChI=1S/C19H23F/c1-7-8-9-18(19(5,6)20)15(4)17-12-10-16(11-13-17)14(2)3/h7-13H,1-2H2,3-6H3/b9-8-,18-15-. The van der Waals surface area contributed by atoms with Gasteiger partial charge in [-0.3, -0.25) is 0 Å². The van der Waals surface area contributed by atoms with Gasteiger partial charge < -0.3 is 0 Å². The van der Waals surface area contributed by atoms with Gasteiger partial charge in [0.1, 0.15) is 5.67 Å². The molecule has 0 saturated carbocycles. The lowest BCUT2D eigenvalue weighted by molar-refractivity contribution is 0.275. The molecule has 106 valence electrons. The Morgan fingerprint density at radius 2 is 1.60 bits per heavy atom. The molecule has 0 saturated heterocycles. The zero-order valence-corrected chi connectivity index (χ0v) is 12.8. The first-order valence-electron chi connectivity index (χ1n) is 6.73. The number of hydrogen-bond acceptors (Lipinski definition) is 0. The van der Waals surface area contributed by atoms with Gasteiger partial charge in [0.25, 0.3) is 0 Å². The normalized spacial score (nSPS) is 13.2. The fraction of sp³-hybridized carbons (Fsp3) is 0.263. The molecule has 0 bridgehead atoms. The summed E-state index contributed by atoms with van der Waals surface area (Å²) >= 11 is 0. The first-order chi connectivity index (χ1) is 9.27. The molecule has 0 unspecified atom stereocenters. The maximum Gasteiger partial charge on any atom is 0.130 e. The first kappa shape index (κ1) is 16.2. The van der Waals surface area contributed by atoms with Crippen molar-refractivity contribution in [3.63, 3.8) is 0 Å². The molecular formula is C19H23F. The van der Waals surface area contributed by atoms with E-state index in [-0.39, 0.29) is 0 Å². The van der Waals surface area contributed by atoms with Crippen LogP contribution in [0.2, 0.25) is 0 Å². The van der Waals surface area contributed by atoms with Crippen LogP contribution in [-0.4, -0.2) is 5.67 Å². The van der Waals surface area contributed by atoms with Gasteiger partial charge in [-0.2, -0.15) is 0 Å². The van der Waals surface area contributed by atoms with Gasteiger partial charge >= 0.3 is 0 Å². The van der Waals surface area contributed by atoms with Crippen LogP contribution in [0.1, 0.15) is 38.8 Å². The number of halogens is 1. The zero-order chi connectivity index (χ0) is 15.3. The SMILES string of the molecule is C=C/C=C\C(=C(/C)c1ccc(C(=C)C)cc1)C(C)(C)F. The van der Waals surface area contributed by atoms with E-state index in [1.807, 2.05) is 38.1 Å². The van der Waals surface area contributed by atoms with Crippen molar-refractivity contribution in [2.24, 2.45) is 0 Å². The largest absolute Gasteiger partial charge is 0.239 e. The van der Waals surface area contributed by atoms with E-state index in [1.54, 1.807) is 32.1 Å². The second-order valence-corrected chi connectivity index (χ2v) is 5.46. The molecule has 0 radical (unpaired) electrons. The average Bonchev–Trinajstić information content (AvgIpc) is 2.37. The van der Waals surface area contributed by atoms with Crippen molar-refractivity contribution in [1.29, 1.82) is 0 Å². The molecular weight excluding hydrogens is 247 g/mol. The molecule has 0 spiro atoms. The van der Waals surface area contributed by atoms with E-state index < -0.39 is 5.67 Å². The number of allylic oxidation sites excluding steroid dienone is 6. The average molecular weight is 270 g/mol. The lowest BCUT2D eigenvalue weighted by Crippen LogP contribution is -2.15. The maximum atomic E-state index is 14.4. The van der Waals surface area contributed by atoms with Crippen molar-refractivity contribution in [2.45, 2.75) is 33.4 Å². The van der Waals surface area contributed by atoms with Crippen LogP contribution in [0, 0.1) is 0 Å². The van der Waals surface area contributed by atoms with E-state index in [1.165, 1.54) is 0 Å².